The Morgan fingerprint density at radius 2 is 1.81 bits per heavy atom. The number of anilines is 1. The number of aryl methyl sites for hydroxylation is 1. The number of nitrogens with one attached hydrogen (secondary N) is 2. The van der Waals surface area contributed by atoms with E-state index in [9.17, 15) is 17.6 Å². The van der Waals surface area contributed by atoms with E-state index in [0.29, 0.717) is 5.13 Å². The molecule has 3 rings (SSSR count). The van der Waals surface area contributed by atoms with Gasteiger partial charge < -0.3 is 10.1 Å². The van der Waals surface area contributed by atoms with E-state index in [-0.39, 0.29) is 11.3 Å². The molecular weight excluding hydrogens is 441 g/mol. The molecule has 2 aromatic carbocycles. The van der Waals surface area contributed by atoms with Crippen LogP contribution in [0.25, 0.3) is 11.3 Å². The van der Waals surface area contributed by atoms with Crippen molar-refractivity contribution in [2.45, 2.75) is 31.2 Å². The molecule has 31 heavy (non-hydrogen) atoms. The zero-order valence-electron chi connectivity index (χ0n) is 17.2. The highest BCUT2D eigenvalue weighted by Gasteiger charge is 2.25. The number of carbonyl (C=O) groups is 1. The van der Waals surface area contributed by atoms with Crippen LogP contribution in [0.3, 0.4) is 0 Å². The van der Waals surface area contributed by atoms with E-state index in [1.807, 2.05) is 31.2 Å². The van der Waals surface area contributed by atoms with E-state index in [2.05, 4.69) is 15.0 Å². The number of aromatic nitrogens is 1. The summed E-state index contributed by atoms with van der Waals surface area (Å²) >= 11 is 1.30. The van der Waals surface area contributed by atoms with Crippen LogP contribution in [0, 0.1) is 12.7 Å². The first-order valence-corrected chi connectivity index (χ1v) is 11.7. The number of thiazole rings is 1. The van der Waals surface area contributed by atoms with E-state index in [1.165, 1.54) is 11.3 Å². The summed E-state index contributed by atoms with van der Waals surface area (Å²) in [5.74, 6) is -0.344. The lowest BCUT2D eigenvalue weighted by molar-refractivity contribution is -0.117. The average molecular weight is 464 g/mol. The minimum atomic E-state index is -3.98. The Bertz CT molecular complexity index is 1160. The second-order valence-electron chi connectivity index (χ2n) is 6.68. The average Bonchev–Trinajstić information content (AvgIpc) is 3.12. The third kappa shape index (κ3) is 5.46. The van der Waals surface area contributed by atoms with Gasteiger partial charge in [0.1, 0.15) is 17.6 Å². The first-order valence-electron chi connectivity index (χ1n) is 9.44. The Morgan fingerprint density at radius 1 is 1.16 bits per heavy atom. The Labute approximate surface area is 184 Å². The molecule has 0 spiro atoms. The van der Waals surface area contributed by atoms with Crippen molar-refractivity contribution in [3.63, 3.8) is 0 Å². The van der Waals surface area contributed by atoms with Gasteiger partial charge >= 0.3 is 0 Å². The van der Waals surface area contributed by atoms with Crippen LogP contribution in [-0.2, 0) is 14.8 Å². The molecule has 1 heterocycles. The minimum Gasteiger partial charge on any atom is -0.497 e. The zero-order valence-corrected chi connectivity index (χ0v) is 18.8. The number of carbonyl (C=O) groups excluding carboxylic acids is 1. The molecule has 0 aliphatic rings. The molecule has 1 aromatic heterocycles. The molecule has 1 unspecified atom stereocenters. The van der Waals surface area contributed by atoms with Gasteiger partial charge in [-0.3, -0.25) is 4.79 Å². The Kier molecular flexibility index (Phi) is 7.04. The summed E-state index contributed by atoms with van der Waals surface area (Å²) in [6, 6.07) is 10.8. The summed E-state index contributed by atoms with van der Waals surface area (Å²) in [6.45, 7) is 3.58. The molecule has 3 aromatic rings. The first-order chi connectivity index (χ1) is 14.7. The second-order valence-corrected chi connectivity index (χ2v) is 9.59. The Hall–Kier alpha value is -2.82. The highest BCUT2D eigenvalue weighted by molar-refractivity contribution is 7.89. The number of benzene rings is 2. The topological polar surface area (TPSA) is 97.4 Å². The van der Waals surface area contributed by atoms with Gasteiger partial charge in [0.15, 0.2) is 5.13 Å². The van der Waals surface area contributed by atoms with Crippen LogP contribution < -0.4 is 14.8 Å². The maximum Gasteiger partial charge on any atom is 0.244 e. The lowest BCUT2D eigenvalue weighted by Crippen LogP contribution is -2.43. The minimum absolute atomic E-state index is 0.118. The van der Waals surface area contributed by atoms with Gasteiger partial charge in [-0.15, -0.1) is 11.3 Å². The molecule has 164 valence electrons. The van der Waals surface area contributed by atoms with Gasteiger partial charge in [0, 0.05) is 10.4 Å². The number of amides is 1. The molecule has 0 saturated carbocycles. The molecular formula is C21H22FN3O4S2. The molecule has 2 N–H and O–H groups in total. The normalized spacial score (nSPS) is 12.4. The Morgan fingerprint density at radius 3 is 2.39 bits per heavy atom. The fraction of sp³-hybridized carbons (Fsp3) is 0.238. The fourth-order valence-corrected chi connectivity index (χ4v) is 4.97. The van der Waals surface area contributed by atoms with Crippen LogP contribution in [0.4, 0.5) is 9.52 Å². The SMILES string of the molecule is CCC(NS(=O)(=O)c1ccc(F)cc1)C(=O)Nc1nc(-c2ccc(OC)cc2)c(C)s1. The van der Waals surface area contributed by atoms with E-state index >= 15 is 0 Å². The number of nitrogens with zero attached hydrogens (tertiary/aromatic N) is 1. The summed E-state index contributed by atoms with van der Waals surface area (Å²) in [6.07, 6.45) is 0.224. The van der Waals surface area contributed by atoms with Crippen molar-refractivity contribution in [2.24, 2.45) is 0 Å². The van der Waals surface area contributed by atoms with Gasteiger partial charge in [-0.2, -0.15) is 4.72 Å². The van der Waals surface area contributed by atoms with Gasteiger partial charge in [-0.1, -0.05) is 6.92 Å². The number of halogens is 1. The quantitative estimate of drug-likeness (QED) is 0.527. The maximum atomic E-state index is 13.1. The molecule has 0 aliphatic carbocycles. The van der Waals surface area contributed by atoms with E-state index < -0.39 is 27.8 Å². The standard InChI is InChI=1S/C21H22FN3O4S2/c1-4-18(25-31(27,28)17-11-7-15(22)8-12-17)20(26)24-21-23-19(13(2)30-21)14-5-9-16(29-3)10-6-14/h5-12,18,25H,4H2,1-3H3,(H,23,24,26). The molecule has 0 saturated heterocycles. The fourth-order valence-electron chi connectivity index (χ4n) is 2.85. The third-order valence-corrected chi connectivity index (χ3v) is 6.91. The number of hydrogen-bond acceptors (Lipinski definition) is 6. The van der Waals surface area contributed by atoms with Crippen LogP contribution in [0.2, 0.25) is 0 Å². The summed E-state index contributed by atoms with van der Waals surface area (Å²) in [4.78, 5) is 18.0. The van der Waals surface area contributed by atoms with E-state index in [0.717, 1.165) is 46.1 Å². The smallest absolute Gasteiger partial charge is 0.244 e. The van der Waals surface area contributed by atoms with Gasteiger partial charge in [-0.05, 0) is 61.9 Å². The Balaban J connectivity index is 1.74. The maximum absolute atomic E-state index is 13.1. The molecule has 1 amide bonds. The lowest BCUT2D eigenvalue weighted by atomic mass is 10.1. The van der Waals surface area contributed by atoms with Crippen molar-refractivity contribution in [3.8, 4) is 17.0 Å². The highest BCUT2D eigenvalue weighted by Crippen LogP contribution is 2.31. The summed E-state index contributed by atoms with van der Waals surface area (Å²) in [7, 11) is -2.40. The predicted molar refractivity (Wildman–Crippen MR) is 118 cm³/mol. The summed E-state index contributed by atoms with van der Waals surface area (Å²) in [5.41, 5.74) is 1.60. The summed E-state index contributed by atoms with van der Waals surface area (Å²) < 4.78 is 45.7. The van der Waals surface area contributed by atoms with Crippen molar-refractivity contribution in [1.29, 1.82) is 0 Å². The monoisotopic (exact) mass is 463 g/mol. The molecule has 7 nitrogen and oxygen atoms in total. The number of hydrogen-bond donors (Lipinski definition) is 2. The van der Waals surface area contributed by atoms with Crippen LogP contribution in [0.15, 0.2) is 53.4 Å². The molecule has 10 heteroatoms. The molecule has 0 radical (unpaired) electrons. The van der Waals surface area contributed by atoms with E-state index in [4.69, 9.17) is 4.74 Å². The van der Waals surface area contributed by atoms with Gasteiger partial charge in [-0.25, -0.2) is 17.8 Å². The van der Waals surface area contributed by atoms with Crippen molar-refractivity contribution in [2.75, 3.05) is 12.4 Å². The third-order valence-electron chi connectivity index (χ3n) is 4.54. The molecule has 0 bridgehead atoms. The predicted octanol–water partition coefficient (Wildman–Crippen LogP) is 3.96. The van der Waals surface area contributed by atoms with Gasteiger partial charge in [0.25, 0.3) is 0 Å². The number of rotatable bonds is 8. The van der Waals surface area contributed by atoms with Crippen LogP contribution in [0.5, 0.6) is 5.75 Å². The van der Waals surface area contributed by atoms with Crippen LogP contribution in [-0.4, -0.2) is 32.5 Å². The first kappa shape index (κ1) is 22.9. The van der Waals surface area contributed by atoms with Crippen molar-refractivity contribution < 1.29 is 22.3 Å². The number of ether oxygens (including phenoxy) is 1. The second kappa shape index (κ2) is 9.54. The van der Waals surface area contributed by atoms with Crippen LogP contribution in [0.1, 0.15) is 18.2 Å². The van der Waals surface area contributed by atoms with Gasteiger partial charge in [0.05, 0.1) is 17.7 Å². The van der Waals surface area contributed by atoms with E-state index in [1.54, 1.807) is 14.0 Å². The van der Waals surface area contributed by atoms with Gasteiger partial charge in [0.2, 0.25) is 15.9 Å². The van der Waals surface area contributed by atoms with Crippen molar-refractivity contribution in [1.82, 2.24) is 9.71 Å². The largest absolute Gasteiger partial charge is 0.497 e. The molecule has 0 fully saturated rings. The summed E-state index contributed by atoms with van der Waals surface area (Å²) in [5, 5.41) is 3.05. The number of sulfonamides is 1. The van der Waals surface area contributed by atoms with Crippen molar-refractivity contribution in [3.05, 3.63) is 59.2 Å². The zero-order chi connectivity index (χ0) is 22.6. The lowest BCUT2D eigenvalue weighted by Gasteiger charge is -2.16. The van der Waals surface area contributed by atoms with Crippen molar-refractivity contribution >= 4 is 32.4 Å². The molecule has 0 aliphatic heterocycles. The highest BCUT2D eigenvalue weighted by atomic mass is 32.2. The van der Waals surface area contributed by atoms with Crippen LogP contribution >= 0.6 is 11.3 Å². The molecule has 1 atom stereocenters. The number of methoxy groups -OCH3 is 1.